The molecular weight excluding hydrogens is 290 g/mol. The molecule has 0 amide bonds. The fraction of sp³-hybridized carbons (Fsp3) is 0.933. The molecule has 6 heteroatoms. The highest BCUT2D eigenvalue weighted by atomic mass is 32.2. The number of ether oxygens (including phenoxy) is 1. The first-order chi connectivity index (χ1) is 9.13. The van der Waals surface area contributed by atoms with E-state index >= 15 is 0 Å². The number of sulfonamides is 1. The molecule has 0 fully saturated rings. The summed E-state index contributed by atoms with van der Waals surface area (Å²) in [5.41, 5.74) is -0.713. The highest BCUT2D eigenvalue weighted by molar-refractivity contribution is 7.89. The van der Waals surface area contributed by atoms with Gasteiger partial charge in [0, 0.05) is 0 Å². The zero-order valence-electron chi connectivity index (χ0n) is 14.6. The molecule has 0 radical (unpaired) electrons. The number of hydrogen-bond donors (Lipinski definition) is 1. The third-order valence-electron chi connectivity index (χ3n) is 2.75. The topological polar surface area (TPSA) is 72.5 Å². The van der Waals surface area contributed by atoms with Crippen LogP contribution in [0.1, 0.15) is 61.8 Å². The van der Waals surface area contributed by atoms with Crippen LogP contribution in [-0.4, -0.2) is 31.8 Å². The maximum absolute atomic E-state index is 12.1. The van der Waals surface area contributed by atoms with Gasteiger partial charge < -0.3 is 4.74 Å². The van der Waals surface area contributed by atoms with Crippen molar-refractivity contribution in [2.45, 2.75) is 73.5 Å². The van der Waals surface area contributed by atoms with Gasteiger partial charge in [0.25, 0.3) is 0 Å². The Morgan fingerprint density at radius 2 is 1.57 bits per heavy atom. The van der Waals surface area contributed by atoms with Gasteiger partial charge in [0.05, 0.1) is 5.75 Å². The van der Waals surface area contributed by atoms with Crippen molar-refractivity contribution in [2.24, 2.45) is 11.3 Å². The smallest absolute Gasteiger partial charge is 0.324 e. The van der Waals surface area contributed by atoms with Crippen molar-refractivity contribution in [1.82, 2.24) is 4.72 Å². The van der Waals surface area contributed by atoms with E-state index in [0.29, 0.717) is 6.42 Å². The molecule has 126 valence electrons. The van der Waals surface area contributed by atoms with Crippen molar-refractivity contribution in [1.29, 1.82) is 0 Å². The highest BCUT2D eigenvalue weighted by Gasteiger charge is 2.31. The van der Waals surface area contributed by atoms with Crippen molar-refractivity contribution >= 4 is 16.0 Å². The van der Waals surface area contributed by atoms with Crippen LogP contribution in [0.4, 0.5) is 0 Å². The molecule has 5 nitrogen and oxygen atoms in total. The maximum Gasteiger partial charge on any atom is 0.324 e. The second kappa shape index (κ2) is 7.09. The van der Waals surface area contributed by atoms with Crippen molar-refractivity contribution in [3.8, 4) is 0 Å². The molecule has 21 heavy (non-hydrogen) atoms. The molecule has 0 saturated carbocycles. The number of hydrogen-bond acceptors (Lipinski definition) is 4. The van der Waals surface area contributed by atoms with E-state index < -0.39 is 27.6 Å². The molecule has 1 atom stereocenters. The lowest BCUT2D eigenvalue weighted by Crippen LogP contribution is -2.48. The Bertz CT molecular complexity index is 441. The summed E-state index contributed by atoms with van der Waals surface area (Å²) in [4.78, 5) is 12.1. The lowest BCUT2D eigenvalue weighted by Gasteiger charge is -2.27. The molecular formula is C15H31NO4S. The number of rotatable bonds is 6. The van der Waals surface area contributed by atoms with Crippen LogP contribution in [0.2, 0.25) is 0 Å². The fourth-order valence-corrected chi connectivity index (χ4v) is 3.27. The second-order valence-electron chi connectivity index (χ2n) is 8.00. The van der Waals surface area contributed by atoms with Crippen LogP contribution >= 0.6 is 0 Å². The van der Waals surface area contributed by atoms with Gasteiger partial charge in [-0.2, -0.15) is 0 Å². The van der Waals surface area contributed by atoms with Gasteiger partial charge in [0.1, 0.15) is 11.6 Å². The zero-order chi connectivity index (χ0) is 17.1. The molecule has 0 saturated heterocycles. The summed E-state index contributed by atoms with van der Waals surface area (Å²) < 4.78 is 32.1. The molecule has 0 aromatic carbocycles. The first kappa shape index (κ1) is 20.4. The van der Waals surface area contributed by atoms with E-state index in [1.807, 2.05) is 20.8 Å². The predicted molar refractivity (Wildman–Crippen MR) is 85.5 cm³/mol. The van der Waals surface area contributed by atoms with Gasteiger partial charge in [0.15, 0.2) is 0 Å². The summed E-state index contributed by atoms with van der Waals surface area (Å²) >= 11 is 0. The monoisotopic (exact) mass is 321 g/mol. The number of carbonyl (C=O) groups is 1. The third-order valence-corrected chi connectivity index (χ3v) is 4.11. The summed E-state index contributed by atoms with van der Waals surface area (Å²) in [6.07, 6.45) is 0.529. The SMILES string of the molecule is CC(C)[C@H](NS(=O)(=O)CCC(C)(C)C)C(=O)OC(C)(C)C. The molecule has 0 aromatic rings. The molecule has 1 N–H and O–H groups in total. The third kappa shape index (κ3) is 9.85. The number of carbonyl (C=O) groups excluding carboxylic acids is 1. The van der Waals surface area contributed by atoms with Crippen molar-refractivity contribution < 1.29 is 17.9 Å². The quantitative estimate of drug-likeness (QED) is 0.763. The van der Waals surface area contributed by atoms with E-state index in [2.05, 4.69) is 4.72 Å². The molecule has 0 rings (SSSR count). The van der Waals surface area contributed by atoms with Gasteiger partial charge in [-0.25, -0.2) is 13.1 Å². The first-order valence-corrected chi connectivity index (χ1v) is 9.01. The molecule has 0 aliphatic carbocycles. The van der Waals surface area contributed by atoms with E-state index in [9.17, 15) is 13.2 Å². The van der Waals surface area contributed by atoms with Gasteiger partial charge in [-0.1, -0.05) is 34.6 Å². The van der Waals surface area contributed by atoms with Crippen LogP contribution in [0.15, 0.2) is 0 Å². The molecule has 0 bridgehead atoms. The molecule has 0 aromatic heterocycles. The Labute approximate surface area is 129 Å². The minimum atomic E-state index is -3.51. The van der Waals surface area contributed by atoms with Crippen LogP contribution < -0.4 is 4.72 Å². The van der Waals surface area contributed by atoms with E-state index in [4.69, 9.17) is 4.74 Å². The van der Waals surface area contributed by atoms with E-state index in [-0.39, 0.29) is 17.1 Å². The molecule has 0 unspecified atom stereocenters. The first-order valence-electron chi connectivity index (χ1n) is 7.36. The average Bonchev–Trinajstić information content (AvgIpc) is 2.19. The Morgan fingerprint density at radius 1 is 1.10 bits per heavy atom. The van der Waals surface area contributed by atoms with E-state index in [1.54, 1.807) is 34.6 Å². The summed E-state index contributed by atoms with van der Waals surface area (Å²) in [5, 5.41) is 0. The summed E-state index contributed by atoms with van der Waals surface area (Å²) in [6, 6.07) is -0.853. The molecule has 0 aliphatic rings. The standard InChI is InChI=1S/C15H31NO4S/c1-11(2)12(13(17)20-15(6,7)8)16-21(18,19)10-9-14(3,4)5/h11-12,16H,9-10H2,1-8H3/t12-/m0/s1. The van der Waals surface area contributed by atoms with Crippen molar-refractivity contribution in [2.75, 3.05) is 5.75 Å². The average molecular weight is 321 g/mol. The van der Waals surface area contributed by atoms with Crippen LogP contribution in [0.5, 0.6) is 0 Å². The Balaban J connectivity index is 4.89. The van der Waals surface area contributed by atoms with Gasteiger partial charge >= 0.3 is 5.97 Å². The van der Waals surface area contributed by atoms with Crippen molar-refractivity contribution in [3.05, 3.63) is 0 Å². The summed E-state index contributed by atoms with van der Waals surface area (Å²) in [7, 11) is -3.51. The van der Waals surface area contributed by atoms with Gasteiger partial charge in [-0.05, 0) is 38.5 Å². The maximum atomic E-state index is 12.1. The lowest BCUT2D eigenvalue weighted by molar-refractivity contribution is -0.158. The second-order valence-corrected chi connectivity index (χ2v) is 9.88. The normalized spacial score (nSPS) is 15.1. The van der Waals surface area contributed by atoms with Gasteiger partial charge in [-0.3, -0.25) is 4.79 Å². The van der Waals surface area contributed by atoms with Crippen LogP contribution in [0.3, 0.4) is 0 Å². The fourth-order valence-electron chi connectivity index (χ4n) is 1.51. The zero-order valence-corrected chi connectivity index (χ0v) is 15.4. The van der Waals surface area contributed by atoms with Gasteiger partial charge in [0.2, 0.25) is 10.0 Å². The van der Waals surface area contributed by atoms with Crippen LogP contribution in [-0.2, 0) is 19.6 Å². The molecule has 0 heterocycles. The Kier molecular flexibility index (Phi) is 6.88. The molecule has 0 aliphatic heterocycles. The van der Waals surface area contributed by atoms with Crippen molar-refractivity contribution in [3.63, 3.8) is 0 Å². The molecule has 0 spiro atoms. The van der Waals surface area contributed by atoms with Crippen LogP contribution in [0, 0.1) is 11.3 Å². The lowest BCUT2D eigenvalue weighted by atomic mass is 9.94. The van der Waals surface area contributed by atoms with Gasteiger partial charge in [-0.15, -0.1) is 0 Å². The van der Waals surface area contributed by atoms with E-state index in [1.165, 1.54) is 0 Å². The van der Waals surface area contributed by atoms with E-state index in [0.717, 1.165) is 0 Å². The minimum Gasteiger partial charge on any atom is -0.459 e. The highest BCUT2D eigenvalue weighted by Crippen LogP contribution is 2.19. The largest absolute Gasteiger partial charge is 0.459 e. The summed E-state index contributed by atoms with van der Waals surface area (Å²) in [5.74, 6) is -0.705. The Hall–Kier alpha value is -0.620. The van der Waals surface area contributed by atoms with Crippen LogP contribution in [0.25, 0.3) is 0 Å². The Morgan fingerprint density at radius 3 is 1.90 bits per heavy atom. The number of esters is 1. The minimum absolute atomic E-state index is 0.00250. The predicted octanol–water partition coefficient (Wildman–Crippen LogP) is 2.71. The summed E-state index contributed by atoms with van der Waals surface area (Å²) in [6.45, 7) is 14.8. The number of nitrogens with one attached hydrogen (secondary N) is 1.